The average molecular weight is 287 g/mol. The molecular weight excluding hydrogens is 271 g/mol. The van der Waals surface area contributed by atoms with Gasteiger partial charge in [-0.15, -0.1) is 0 Å². The Labute approximate surface area is 129 Å². The average Bonchev–Trinajstić information content (AvgIpc) is 1.82. The van der Waals surface area contributed by atoms with Crippen LogP contribution in [0.3, 0.4) is 0 Å². The zero-order valence-electron chi connectivity index (χ0n) is 9.59. The van der Waals surface area contributed by atoms with Crippen LogP contribution in [0, 0.1) is 0 Å². The van der Waals surface area contributed by atoms with Gasteiger partial charge in [-0.05, 0) is 27.7 Å². The third kappa shape index (κ3) is 5.97. The summed E-state index contributed by atoms with van der Waals surface area (Å²) in [5.41, 5.74) is 0. The van der Waals surface area contributed by atoms with E-state index in [4.69, 9.17) is 28.3 Å². The van der Waals surface area contributed by atoms with Gasteiger partial charge >= 0.3 is 35.5 Å². The maximum absolute atomic E-state index is 10.8. The van der Waals surface area contributed by atoms with E-state index in [1.165, 1.54) is 4.90 Å². The molecule has 15 heavy (non-hydrogen) atoms. The molecule has 7 heteroatoms. The summed E-state index contributed by atoms with van der Waals surface area (Å²) in [7, 11) is 0. The molecule has 3 nitrogen and oxygen atoms in total. The minimum absolute atomic E-state index is 0. The van der Waals surface area contributed by atoms with Crippen molar-refractivity contribution in [2.45, 2.75) is 44.2 Å². The molecule has 0 amide bonds. The van der Waals surface area contributed by atoms with Crippen LogP contribution in [0.2, 0.25) is 0 Å². The van der Waals surface area contributed by atoms with Crippen LogP contribution in [0.4, 0.5) is 0 Å². The number of hydrogen-bond acceptors (Lipinski definition) is 2. The van der Waals surface area contributed by atoms with Crippen LogP contribution in [0.1, 0.15) is 27.7 Å². The Morgan fingerprint density at radius 2 is 1.47 bits per heavy atom. The molecule has 86 valence electrons. The molecule has 0 aromatic heterocycles. The van der Waals surface area contributed by atoms with E-state index in [-0.39, 0.29) is 54.0 Å². The number of carboxylic acid groups (broad SMARTS) is 1. The summed E-state index contributed by atoms with van der Waals surface area (Å²) < 4.78 is -1.84. The van der Waals surface area contributed by atoms with Gasteiger partial charge < -0.3 is 17.5 Å². The van der Waals surface area contributed by atoms with Gasteiger partial charge in [-0.1, -0.05) is 23.2 Å². The van der Waals surface area contributed by atoms with Crippen molar-refractivity contribution in [1.82, 2.24) is 4.90 Å². The van der Waals surface area contributed by atoms with Gasteiger partial charge in [0.05, 0.1) is 0 Å². The van der Waals surface area contributed by atoms with Gasteiger partial charge in [-0.2, -0.15) is 0 Å². The Morgan fingerprint density at radius 3 is 1.53 bits per heavy atom. The van der Waals surface area contributed by atoms with E-state index in [0.717, 1.165) is 0 Å². The van der Waals surface area contributed by atoms with Crippen molar-refractivity contribution >= 4 is 29.2 Å². The molecule has 0 fully saturated rings. The molecule has 0 spiro atoms. The third-order valence-electron chi connectivity index (χ3n) is 1.69. The second-order valence-electron chi connectivity index (χ2n) is 3.44. The van der Waals surface area contributed by atoms with Gasteiger partial charge in [0.15, 0.2) is 0 Å². The smallest absolute Gasteiger partial charge is 1.00 e. The van der Waals surface area contributed by atoms with Gasteiger partial charge in [-0.25, -0.2) is 4.79 Å². The third-order valence-corrected chi connectivity index (χ3v) is 2.41. The molecule has 0 atom stereocenters. The summed E-state index contributed by atoms with van der Waals surface area (Å²) in [4.78, 5) is 12.3. The molecule has 0 bridgehead atoms. The molecule has 0 radical (unpaired) electrons. The zero-order valence-corrected chi connectivity index (χ0v) is 13.9. The van der Waals surface area contributed by atoms with Crippen LogP contribution < -0.4 is 42.0 Å². The number of nitrogens with zero attached hydrogens (tertiary/aromatic N) is 1. The molecule has 0 aliphatic carbocycles. The Kier molecular flexibility index (Phi) is 12.1. The molecule has 0 aromatic carbocycles. The molecule has 0 heterocycles. The van der Waals surface area contributed by atoms with Crippen LogP contribution in [0.15, 0.2) is 0 Å². The van der Waals surface area contributed by atoms with Crippen molar-refractivity contribution in [2.75, 3.05) is 0 Å². The first-order valence-electron chi connectivity index (χ1n) is 4.11. The summed E-state index contributed by atoms with van der Waals surface area (Å²) in [6.45, 7) is 7.40. The normalized spacial score (nSPS) is 11.3. The maximum atomic E-state index is 10.8. The molecule has 0 aromatic rings. The van der Waals surface area contributed by atoms with E-state index in [1.807, 2.05) is 27.7 Å². The van der Waals surface area contributed by atoms with Gasteiger partial charge in [0.1, 0.15) is 0 Å². The van der Waals surface area contributed by atoms with Crippen molar-refractivity contribution in [1.29, 1.82) is 0 Å². The fourth-order valence-electron chi connectivity index (χ4n) is 1.36. The number of halogens is 3. The minimum Gasteiger partial charge on any atom is -1.00 e. The monoisotopic (exact) mass is 285 g/mol. The van der Waals surface area contributed by atoms with Crippen molar-refractivity contribution in [3.05, 3.63) is 0 Å². The topological polar surface area (TPSA) is 40.5 Å². The second kappa shape index (κ2) is 8.40. The van der Waals surface area contributed by atoms with Crippen LogP contribution in [0.25, 0.3) is 0 Å². The summed E-state index contributed by atoms with van der Waals surface area (Å²) in [5.74, 6) is -1.24. The molecule has 1 N–H and O–H groups in total. The summed E-state index contributed by atoms with van der Waals surface area (Å²) in [6, 6.07) is -0.0443. The number of carbonyl (C=O) groups is 1. The fourth-order valence-corrected chi connectivity index (χ4v) is 2.14. The van der Waals surface area contributed by atoms with E-state index < -0.39 is 10.4 Å². The largest absolute Gasteiger partial charge is 1.00 e. The van der Waals surface area contributed by atoms with Crippen molar-refractivity contribution in [2.24, 2.45) is 0 Å². The fraction of sp³-hybridized carbons (Fsp3) is 0.875. The molecular formula is C8H15Cl3NNaO2. The number of rotatable bonds is 4. The van der Waals surface area contributed by atoms with E-state index >= 15 is 0 Å². The standard InChI is InChI=1S/C8H15Cl2NO2.ClH.Na/c1-5(2)11(6(3)4)8(9,10)7(12)13;;/h5-6H,1-4H3,(H,12,13);1H;/q;;+1/p-1. The Hall–Kier alpha value is 1.30. The van der Waals surface area contributed by atoms with Crippen molar-refractivity contribution < 1.29 is 51.9 Å². The minimum atomic E-state index is -1.84. The van der Waals surface area contributed by atoms with Crippen molar-refractivity contribution in [3.63, 3.8) is 0 Å². The first-order valence-corrected chi connectivity index (χ1v) is 4.86. The molecule has 0 rings (SSSR count). The predicted molar refractivity (Wildman–Crippen MR) is 54.2 cm³/mol. The predicted octanol–water partition coefficient (Wildman–Crippen LogP) is -3.67. The summed E-state index contributed by atoms with van der Waals surface area (Å²) in [5, 5.41) is 8.80. The number of alkyl halides is 2. The molecule has 0 saturated heterocycles. The van der Waals surface area contributed by atoms with E-state index in [2.05, 4.69) is 0 Å². The maximum Gasteiger partial charge on any atom is 1.00 e. The second-order valence-corrected chi connectivity index (χ2v) is 4.73. The Bertz CT molecular complexity index is 192. The number of aliphatic carboxylic acids is 1. The van der Waals surface area contributed by atoms with Crippen LogP contribution in [-0.2, 0) is 4.79 Å². The summed E-state index contributed by atoms with van der Waals surface area (Å²) >= 11 is 11.4. The molecule has 0 aliphatic heterocycles. The van der Waals surface area contributed by atoms with E-state index in [9.17, 15) is 4.79 Å². The molecule has 0 unspecified atom stereocenters. The van der Waals surface area contributed by atoms with Gasteiger partial charge in [0, 0.05) is 12.1 Å². The van der Waals surface area contributed by atoms with Gasteiger partial charge in [-0.3, -0.25) is 4.90 Å². The number of carboxylic acids is 1. The summed E-state index contributed by atoms with van der Waals surface area (Å²) in [6.07, 6.45) is 0. The first-order chi connectivity index (χ1) is 5.71. The SMILES string of the molecule is CC(C)N(C(C)C)C(Cl)(Cl)C(=O)O.[Cl-].[Na+]. The Morgan fingerprint density at radius 1 is 1.20 bits per heavy atom. The van der Waals surface area contributed by atoms with Crippen LogP contribution in [0.5, 0.6) is 0 Å². The van der Waals surface area contributed by atoms with Crippen molar-refractivity contribution in [3.8, 4) is 0 Å². The van der Waals surface area contributed by atoms with Gasteiger partial charge in [0.2, 0.25) is 0 Å². The number of hydrogen-bond donors (Lipinski definition) is 1. The Balaban J connectivity index is -0.000000720. The quantitative estimate of drug-likeness (QED) is 0.329. The van der Waals surface area contributed by atoms with Gasteiger partial charge in [0.25, 0.3) is 4.46 Å². The zero-order chi connectivity index (χ0) is 10.8. The first kappa shape index (κ1) is 21.6. The van der Waals surface area contributed by atoms with E-state index in [0.29, 0.717) is 0 Å². The molecule has 0 saturated carbocycles. The van der Waals surface area contributed by atoms with Crippen LogP contribution in [-0.4, -0.2) is 32.5 Å². The molecule has 0 aliphatic rings. The van der Waals surface area contributed by atoms with E-state index in [1.54, 1.807) is 0 Å². The van der Waals surface area contributed by atoms with Crippen LogP contribution >= 0.6 is 23.2 Å².